The fourth-order valence-corrected chi connectivity index (χ4v) is 3.20. The minimum absolute atomic E-state index is 0.201. The van der Waals surface area contributed by atoms with Crippen molar-refractivity contribution in [2.75, 3.05) is 11.9 Å². The molecule has 0 saturated carbocycles. The fourth-order valence-electron chi connectivity index (χ4n) is 2.24. The predicted octanol–water partition coefficient (Wildman–Crippen LogP) is 4.65. The molecular weight excluding hydrogens is 308 g/mol. The average Bonchev–Trinajstić information content (AvgIpc) is 2.94. The molecule has 5 heteroatoms. The predicted molar refractivity (Wildman–Crippen MR) is 94.5 cm³/mol. The quantitative estimate of drug-likeness (QED) is 0.743. The number of aromatic nitrogens is 1. The maximum Gasteiger partial charge on any atom is 0.261 e. The maximum absolute atomic E-state index is 12.5. The number of hydrogen-bond donors (Lipinski definition) is 1. The molecule has 1 aromatic heterocycles. The van der Waals surface area contributed by atoms with E-state index in [0.717, 1.165) is 16.6 Å². The molecule has 23 heavy (non-hydrogen) atoms. The molecule has 0 radical (unpaired) electrons. The molecule has 0 fully saturated rings. The summed E-state index contributed by atoms with van der Waals surface area (Å²) in [6.07, 6.45) is 0.896. The standard InChI is InChI=1S/C18H18N2O2S/c1-3-10-22-15-7-5-4-6-13(15)17(21)20-18-19-14-9-8-12(2)11-16(14)23-18/h4-9,11H,3,10H2,1-2H3,(H,19,20,21). The van der Waals surface area contributed by atoms with Crippen LogP contribution in [0.4, 0.5) is 5.13 Å². The zero-order valence-electron chi connectivity index (χ0n) is 13.1. The Morgan fingerprint density at radius 3 is 2.91 bits per heavy atom. The van der Waals surface area contributed by atoms with E-state index in [1.807, 2.05) is 44.2 Å². The van der Waals surface area contributed by atoms with Crippen LogP contribution >= 0.6 is 11.3 Å². The molecule has 3 aromatic rings. The summed E-state index contributed by atoms with van der Waals surface area (Å²) in [5.74, 6) is 0.399. The van der Waals surface area contributed by atoms with Crippen LogP contribution in [-0.4, -0.2) is 17.5 Å². The molecule has 4 nitrogen and oxygen atoms in total. The van der Waals surface area contributed by atoms with Crippen LogP contribution in [0.3, 0.4) is 0 Å². The SMILES string of the molecule is CCCOc1ccccc1C(=O)Nc1nc2ccc(C)cc2s1. The maximum atomic E-state index is 12.5. The molecule has 2 aromatic carbocycles. The average molecular weight is 326 g/mol. The normalized spacial score (nSPS) is 10.7. The van der Waals surface area contributed by atoms with Gasteiger partial charge >= 0.3 is 0 Å². The summed E-state index contributed by atoms with van der Waals surface area (Å²) in [6, 6.07) is 13.3. The van der Waals surface area contributed by atoms with Crippen LogP contribution in [0.1, 0.15) is 29.3 Å². The van der Waals surface area contributed by atoms with Gasteiger partial charge < -0.3 is 4.74 Å². The number of anilines is 1. The van der Waals surface area contributed by atoms with Crippen LogP contribution in [-0.2, 0) is 0 Å². The number of benzene rings is 2. The zero-order valence-corrected chi connectivity index (χ0v) is 13.9. The first-order chi connectivity index (χ1) is 11.2. The van der Waals surface area contributed by atoms with E-state index in [2.05, 4.69) is 16.4 Å². The van der Waals surface area contributed by atoms with E-state index >= 15 is 0 Å². The highest BCUT2D eigenvalue weighted by molar-refractivity contribution is 7.22. The number of carbonyl (C=O) groups is 1. The van der Waals surface area contributed by atoms with E-state index in [1.165, 1.54) is 16.9 Å². The monoisotopic (exact) mass is 326 g/mol. The van der Waals surface area contributed by atoms with Crippen LogP contribution < -0.4 is 10.1 Å². The summed E-state index contributed by atoms with van der Waals surface area (Å²) in [7, 11) is 0. The second kappa shape index (κ2) is 6.79. The van der Waals surface area contributed by atoms with Crippen molar-refractivity contribution in [3.05, 3.63) is 53.6 Å². The molecule has 0 atom stereocenters. The Balaban J connectivity index is 1.83. The van der Waals surface area contributed by atoms with Crippen molar-refractivity contribution in [2.24, 2.45) is 0 Å². The number of nitrogens with one attached hydrogen (secondary N) is 1. The van der Waals surface area contributed by atoms with Crippen molar-refractivity contribution in [3.8, 4) is 5.75 Å². The lowest BCUT2D eigenvalue weighted by atomic mass is 10.2. The lowest BCUT2D eigenvalue weighted by Crippen LogP contribution is -2.13. The van der Waals surface area contributed by atoms with Gasteiger partial charge in [0, 0.05) is 0 Å². The summed E-state index contributed by atoms with van der Waals surface area (Å²) in [5, 5.41) is 3.47. The van der Waals surface area contributed by atoms with Gasteiger partial charge in [0.1, 0.15) is 5.75 Å². The first-order valence-corrected chi connectivity index (χ1v) is 8.39. The molecule has 0 unspecified atom stereocenters. The van der Waals surface area contributed by atoms with Gasteiger partial charge in [0.25, 0.3) is 5.91 Å². The van der Waals surface area contributed by atoms with Crippen molar-refractivity contribution in [1.29, 1.82) is 0 Å². The Morgan fingerprint density at radius 2 is 2.09 bits per heavy atom. The van der Waals surface area contributed by atoms with Gasteiger partial charge in [-0.1, -0.05) is 36.5 Å². The highest BCUT2D eigenvalue weighted by Crippen LogP contribution is 2.28. The molecule has 1 N–H and O–H groups in total. The number of aryl methyl sites for hydroxylation is 1. The van der Waals surface area contributed by atoms with Crippen molar-refractivity contribution in [1.82, 2.24) is 4.98 Å². The Bertz CT molecular complexity index is 842. The molecule has 1 amide bonds. The highest BCUT2D eigenvalue weighted by Gasteiger charge is 2.14. The first kappa shape index (κ1) is 15.5. The Morgan fingerprint density at radius 1 is 1.26 bits per heavy atom. The zero-order chi connectivity index (χ0) is 16.2. The minimum Gasteiger partial charge on any atom is -0.493 e. The number of fused-ring (bicyclic) bond motifs is 1. The number of ether oxygens (including phenoxy) is 1. The lowest BCUT2D eigenvalue weighted by Gasteiger charge is -2.09. The summed E-state index contributed by atoms with van der Waals surface area (Å²) in [4.78, 5) is 17.0. The van der Waals surface area contributed by atoms with Crippen LogP contribution in [0, 0.1) is 6.92 Å². The van der Waals surface area contributed by atoms with Gasteiger partial charge in [0.2, 0.25) is 0 Å². The third-order valence-electron chi connectivity index (χ3n) is 3.36. The third kappa shape index (κ3) is 3.51. The van der Waals surface area contributed by atoms with Crippen molar-refractivity contribution in [3.63, 3.8) is 0 Å². The second-order valence-electron chi connectivity index (χ2n) is 5.29. The van der Waals surface area contributed by atoms with Gasteiger partial charge in [0.15, 0.2) is 5.13 Å². The van der Waals surface area contributed by atoms with Gasteiger partial charge in [-0.3, -0.25) is 10.1 Å². The largest absolute Gasteiger partial charge is 0.493 e. The second-order valence-corrected chi connectivity index (χ2v) is 6.32. The number of amides is 1. The highest BCUT2D eigenvalue weighted by atomic mass is 32.1. The molecule has 118 valence electrons. The van der Waals surface area contributed by atoms with Crippen molar-refractivity contribution in [2.45, 2.75) is 20.3 Å². The number of para-hydroxylation sites is 1. The van der Waals surface area contributed by atoms with Crippen LogP contribution in [0.5, 0.6) is 5.75 Å². The first-order valence-electron chi connectivity index (χ1n) is 7.57. The van der Waals surface area contributed by atoms with E-state index < -0.39 is 0 Å². The van der Waals surface area contributed by atoms with Gasteiger partial charge in [-0.05, 0) is 43.2 Å². The van der Waals surface area contributed by atoms with E-state index in [4.69, 9.17) is 4.74 Å². The number of hydrogen-bond acceptors (Lipinski definition) is 4. The number of carbonyl (C=O) groups excluding carboxylic acids is 1. The lowest BCUT2D eigenvalue weighted by molar-refractivity contribution is 0.102. The molecule has 0 aliphatic rings. The molecule has 1 heterocycles. The van der Waals surface area contributed by atoms with Crippen LogP contribution in [0.2, 0.25) is 0 Å². The summed E-state index contributed by atoms with van der Waals surface area (Å²) >= 11 is 1.47. The molecule has 0 spiro atoms. The molecule has 0 aliphatic carbocycles. The Kier molecular flexibility index (Phi) is 4.57. The van der Waals surface area contributed by atoms with E-state index in [-0.39, 0.29) is 5.91 Å². The van der Waals surface area contributed by atoms with E-state index in [0.29, 0.717) is 23.1 Å². The van der Waals surface area contributed by atoms with Crippen LogP contribution in [0.15, 0.2) is 42.5 Å². The summed E-state index contributed by atoms with van der Waals surface area (Å²) in [5.41, 5.74) is 2.60. The molecule has 0 aliphatic heterocycles. The fraction of sp³-hybridized carbons (Fsp3) is 0.222. The molecule has 0 bridgehead atoms. The molecule has 0 saturated heterocycles. The topological polar surface area (TPSA) is 51.2 Å². The summed E-state index contributed by atoms with van der Waals surface area (Å²) < 4.78 is 6.71. The number of nitrogens with zero attached hydrogens (tertiary/aromatic N) is 1. The van der Waals surface area contributed by atoms with E-state index in [1.54, 1.807) is 6.07 Å². The number of thiazole rings is 1. The smallest absolute Gasteiger partial charge is 0.261 e. The van der Waals surface area contributed by atoms with Gasteiger partial charge in [-0.25, -0.2) is 4.98 Å². The van der Waals surface area contributed by atoms with Gasteiger partial charge in [-0.15, -0.1) is 0 Å². The van der Waals surface area contributed by atoms with Crippen LogP contribution in [0.25, 0.3) is 10.2 Å². The third-order valence-corrected chi connectivity index (χ3v) is 4.29. The summed E-state index contributed by atoms with van der Waals surface area (Å²) in [6.45, 7) is 4.66. The van der Waals surface area contributed by atoms with Gasteiger partial charge in [0.05, 0.1) is 22.4 Å². The van der Waals surface area contributed by atoms with Crippen molar-refractivity contribution < 1.29 is 9.53 Å². The Hall–Kier alpha value is -2.40. The molecular formula is C18H18N2O2S. The number of rotatable bonds is 5. The van der Waals surface area contributed by atoms with Gasteiger partial charge in [-0.2, -0.15) is 0 Å². The van der Waals surface area contributed by atoms with Crippen molar-refractivity contribution >= 4 is 32.6 Å². The van der Waals surface area contributed by atoms with E-state index in [9.17, 15) is 4.79 Å². The Labute approximate surface area is 139 Å². The molecule has 3 rings (SSSR count). The minimum atomic E-state index is -0.201.